The third-order valence-corrected chi connectivity index (χ3v) is 13.2. The van der Waals surface area contributed by atoms with Gasteiger partial charge in [0.1, 0.15) is 23.7 Å². The van der Waals surface area contributed by atoms with E-state index in [2.05, 4.69) is 55.8 Å². The lowest BCUT2D eigenvalue weighted by molar-refractivity contribution is -0.136. The Morgan fingerprint density at radius 1 is 0.698 bits per heavy atom. The van der Waals surface area contributed by atoms with Gasteiger partial charge in [-0.2, -0.15) is 0 Å². The summed E-state index contributed by atoms with van der Waals surface area (Å²) in [7, 11) is 1.29. The van der Waals surface area contributed by atoms with E-state index in [1.165, 1.54) is 7.11 Å². The minimum atomic E-state index is -1.22. The number of aromatic amines is 2. The molecule has 4 aliphatic heterocycles. The van der Waals surface area contributed by atoms with E-state index in [1.807, 2.05) is 56.9 Å². The van der Waals surface area contributed by atoms with Crippen molar-refractivity contribution in [3.8, 4) is 11.5 Å². The van der Waals surface area contributed by atoms with Gasteiger partial charge in [-0.05, 0) is 97.9 Å². The molecule has 63 heavy (non-hydrogen) atoms. The number of likely N-dealkylation sites (tertiary alicyclic amines) is 2. The Morgan fingerprint density at radius 3 is 1.73 bits per heavy atom. The van der Waals surface area contributed by atoms with Crippen molar-refractivity contribution >= 4 is 51.8 Å². The summed E-state index contributed by atoms with van der Waals surface area (Å²) in [6.45, 7) is 8.76. The molecule has 0 spiro atoms. The number of anilines is 1. The fourth-order valence-electron chi connectivity index (χ4n) is 10.0. The number of imidazole rings is 2. The highest BCUT2D eigenvalue weighted by Gasteiger charge is 2.41. The number of hydrogen-bond donors (Lipinski definition) is 5. The number of fused-ring (bicyclic) bond motifs is 3. The van der Waals surface area contributed by atoms with Crippen LogP contribution in [0.2, 0.25) is 0 Å². The van der Waals surface area contributed by atoms with Gasteiger partial charge in [0, 0.05) is 24.8 Å². The summed E-state index contributed by atoms with van der Waals surface area (Å²) < 4.78 is 16.4. The molecular weight excluding hydrogens is 807 g/mol. The third kappa shape index (κ3) is 7.93. The Morgan fingerprint density at radius 2 is 1.22 bits per heavy atom. The van der Waals surface area contributed by atoms with Crippen molar-refractivity contribution < 1.29 is 38.5 Å². The highest BCUT2D eigenvalue weighted by Crippen LogP contribution is 2.50. The van der Waals surface area contributed by atoms with Crippen molar-refractivity contribution in [2.45, 2.75) is 102 Å². The average molecular weight is 862 g/mol. The van der Waals surface area contributed by atoms with E-state index < -0.39 is 24.3 Å². The molecule has 2 aromatic heterocycles. The molecule has 0 bridgehead atoms. The molecule has 5 N–H and O–H groups in total. The summed E-state index contributed by atoms with van der Waals surface area (Å²) in [5, 5.41) is 14.6. The minimum Gasteiger partial charge on any atom is -0.465 e. The number of carboxylic acid groups (broad SMARTS) is 1. The van der Waals surface area contributed by atoms with Crippen molar-refractivity contribution in [1.29, 1.82) is 0 Å². The van der Waals surface area contributed by atoms with E-state index in [-0.39, 0.29) is 54.6 Å². The molecule has 3 fully saturated rings. The van der Waals surface area contributed by atoms with E-state index in [1.54, 1.807) is 4.90 Å². The van der Waals surface area contributed by atoms with Gasteiger partial charge in [-0.1, -0.05) is 39.8 Å². The maximum Gasteiger partial charge on any atom is 0.407 e. The Hall–Kier alpha value is -6.52. The maximum atomic E-state index is 13.9. The molecule has 4 aliphatic rings. The van der Waals surface area contributed by atoms with Crippen molar-refractivity contribution in [2.24, 2.45) is 11.8 Å². The van der Waals surface area contributed by atoms with E-state index >= 15 is 0 Å². The van der Waals surface area contributed by atoms with E-state index in [0.29, 0.717) is 30.4 Å². The molecule has 17 nitrogen and oxygen atoms in total. The van der Waals surface area contributed by atoms with Gasteiger partial charge in [0.2, 0.25) is 18.6 Å². The number of aromatic nitrogens is 4. The van der Waals surface area contributed by atoms with Crippen LogP contribution in [0.4, 0.5) is 15.3 Å². The zero-order valence-corrected chi connectivity index (χ0v) is 36.2. The summed E-state index contributed by atoms with van der Waals surface area (Å²) in [5.41, 5.74) is 6.58. The predicted octanol–water partition coefficient (Wildman–Crippen LogP) is 7.25. The first-order valence-electron chi connectivity index (χ1n) is 22.0. The van der Waals surface area contributed by atoms with Crippen LogP contribution in [0.3, 0.4) is 0 Å². The lowest BCUT2D eigenvalue weighted by Crippen LogP contribution is -2.51. The van der Waals surface area contributed by atoms with Crippen molar-refractivity contribution in [3.05, 3.63) is 77.4 Å². The summed E-state index contributed by atoms with van der Waals surface area (Å²) >= 11 is 0. The minimum absolute atomic E-state index is 0.00771. The number of carbonyl (C=O) groups is 4. The highest BCUT2D eigenvalue weighted by atomic mass is 16.7. The van der Waals surface area contributed by atoms with Gasteiger partial charge in [-0.25, -0.2) is 19.6 Å². The molecule has 6 heterocycles. The number of amides is 4. The van der Waals surface area contributed by atoms with Gasteiger partial charge >= 0.3 is 12.2 Å². The summed E-state index contributed by atoms with van der Waals surface area (Å²) in [4.78, 5) is 74.4. The van der Waals surface area contributed by atoms with Crippen molar-refractivity contribution in [1.82, 2.24) is 40.4 Å². The first kappa shape index (κ1) is 41.8. The van der Waals surface area contributed by atoms with Gasteiger partial charge in [0.25, 0.3) is 0 Å². The van der Waals surface area contributed by atoms with Gasteiger partial charge in [0.05, 0.1) is 53.3 Å². The molecule has 3 saturated heterocycles. The van der Waals surface area contributed by atoms with Crippen LogP contribution in [0.15, 0.2) is 54.6 Å². The fourth-order valence-corrected chi connectivity index (χ4v) is 10.0. The summed E-state index contributed by atoms with van der Waals surface area (Å²) in [6, 6.07) is 16.6. The molecule has 4 amide bonds. The number of nitrogens with one attached hydrogen (secondary N) is 4. The largest absolute Gasteiger partial charge is 0.465 e. The zero-order valence-electron chi connectivity index (χ0n) is 36.2. The molecule has 0 saturated carbocycles. The molecule has 6 unspecified atom stereocenters. The standard InChI is InChI=1S/C46H55N9O8/c1-24(2)39(51-45(58)59)43(56)53-18-6-8-35(53)41-47-29-13-10-26(20-31(29)49-41)33-15-16-34(55(33)28-12-17-37-38(22-28)63-23-62-37)27-11-14-30-32(21-27)50-42(48-30)36-9-7-19-54(36)44(57)40(25(3)4)52-46(60)61-5/h10-14,17,20-22,24-25,33-36,39-40,51H,6-9,15-16,18-19,23H2,1-5H3,(H,47,49)(H,48,50)(H,52,60)(H,58,59). The van der Waals surface area contributed by atoms with Crippen LogP contribution in [0.25, 0.3) is 22.1 Å². The molecule has 5 aromatic rings. The number of H-pyrrole nitrogens is 2. The van der Waals surface area contributed by atoms with Crippen molar-refractivity contribution in [2.75, 3.05) is 31.9 Å². The number of ether oxygens (including phenoxy) is 3. The molecule has 0 aliphatic carbocycles. The van der Waals surface area contributed by atoms with Crippen LogP contribution in [0.5, 0.6) is 11.5 Å². The van der Waals surface area contributed by atoms with Crippen molar-refractivity contribution in [3.63, 3.8) is 0 Å². The number of alkyl carbamates (subject to hydrolysis) is 1. The number of carbonyl (C=O) groups excluding carboxylic acids is 3. The Kier molecular flexibility index (Phi) is 11.3. The smallest absolute Gasteiger partial charge is 0.407 e. The van der Waals surface area contributed by atoms with Gasteiger partial charge < -0.3 is 54.6 Å². The van der Waals surface area contributed by atoms with Gasteiger partial charge in [-0.3, -0.25) is 9.59 Å². The van der Waals surface area contributed by atoms with Crippen LogP contribution in [-0.4, -0.2) is 97.9 Å². The first-order chi connectivity index (χ1) is 30.4. The molecule has 6 atom stereocenters. The van der Waals surface area contributed by atoms with Crippen LogP contribution >= 0.6 is 0 Å². The normalized spacial score (nSPS) is 21.8. The predicted molar refractivity (Wildman–Crippen MR) is 233 cm³/mol. The summed E-state index contributed by atoms with van der Waals surface area (Å²) in [6.07, 6.45) is 2.98. The Labute approximate surface area is 364 Å². The second-order valence-electron chi connectivity index (χ2n) is 17.8. The SMILES string of the molecule is COC(=O)NC(C(=O)N1CCCC1c1nc2ccc(C3CCC(c4ccc5nc(C6CCCN6C(=O)C(NC(=O)O)C(C)C)[nH]c5c4)N3c3ccc4c(c3)OCO4)cc2[nH]1)C(C)C. The Bertz CT molecular complexity index is 2550. The van der Waals surface area contributed by atoms with E-state index in [0.717, 1.165) is 83.2 Å². The number of rotatable bonds is 11. The fraction of sp³-hybridized carbons (Fsp3) is 0.478. The number of nitrogens with zero attached hydrogens (tertiary/aromatic N) is 5. The monoisotopic (exact) mass is 861 g/mol. The lowest BCUT2D eigenvalue weighted by atomic mass is 10.0. The molecular formula is C46H55N9O8. The van der Waals surface area contributed by atoms with Crippen LogP contribution in [0, 0.1) is 11.8 Å². The van der Waals surface area contributed by atoms with E-state index in [4.69, 9.17) is 24.2 Å². The van der Waals surface area contributed by atoms with E-state index in [9.17, 15) is 24.3 Å². The third-order valence-electron chi connectivity index (χ3n) is 13.2. The first-order valence-corrected chi connectivity index (χ1v) is 22.0. The summed E-state index contributed by atoms with van der Waals surface area (Å²) in [5.74, 6) is 2.09. The lowest BCUT2D eigenvalue weighted by Gasteiger charge is -2.33. The quantitative estimate of drug-likeness (QED) is 0.0894. The average Bonchev–Trinajstić information content (AvgIpc) is 4.12. The molecule has 3 aromatic carbocycles. The second kappa shape index (κ2) is 17.0. The van der Waals surface area contributed by atoms with Gasteiger partial charge in [-0.15, -0.1) is 0 Å². The topological polar surface area (TPSA) is 207 Å². The number of benzene rings is 3. The molecule has 9 rings (SSSR count). The second-order valence-corrected chi connectivity index (χ2v) is 17.8. The van der Waals surface area contributed by atoms with Crippen LogP contribution in [0.1, 0.15) is 113 Å². The zero-order chi connectivity index (χ0) is 44.1. The van der Waals surface area contributed by atoms with Crippen LogP contribution < -0.4 is 25.0 Å². The molecule has 0 radical (unpaired) electrons. The van der Waals surface area contributed by atoms with Crippen LogP contribution in [-0.2, 0) is 14.3 Å². The highest BCUT2D eigenvalue weighted by molar-refractivity contribution is 5.87. The number of hydrogen-bond acceptors (Lipinski definition) is 10. The Balaban J connectivity index is 1.01. The number of methoxy groups -OCH3 is 1. The molecule has 17 heteroatoms. The van der Waals surface area contributed by atoms with Gasteiger partial charge in [0.15, 0.2) is 11.5 Å². The molecule has 332 valence electrons. The maximum absolute atomic E-state index is 13.9.